The number of anilines is 1. The molecule has 0 bridgehead atoms. The first-order valence-electron chi connectivity index (χ1n) is 7.04. The number of likely N-dealkylation sites (N-methyl/N-ethyl adjacent to an activating group) is 1. The van der Waals surface area contributed by atoms with Gasteiger partial charge in [-0.2, -0.15) is 0 Å². The second-order valence-corrected chi connectivity index (χ2v) is 5.24. The quantitative estimate of drug-likeness (QED) is 0.669. The van der Waals surface area contributed by atoms with E-state index in [-0.39, 0.29) is 18.5 Å². The average molecular weight is 315 g/mol. The standard InChI is InChI=1S/C13H17N9O/c1-8(12-20-18-7-22(12)3)19-9(23)4-21(2)13-10-11(15-5-14-10)16-6-17-13/h5-8H,4H2,1-3H3,(H,19,23)(H,14,15,16,17)/t8-/m1/s1. The van der Waals surface area contributed by atoms with Crippen molar-refractivity contribution in [1.29, 1.82) is 0 Å². The summed E-state index contributed by atoms with van der Waals surface area (Å²) in [6, 6.07) is -0.235. The van der Waals surface area contributed by atoms with Crippen molar-refractivity contribution < 1.29 is 4.79 Å². The van der Waals surface area contributed by atoms with Crippen molar-refractivity contribution in [1.82, 2.24) is 40.0 Å². The van der Waals surface area contributed by atoms with Crippen molar-refractivity contribution in [2.75, 3.05) is 18.5 Å². The molecule has 0 aliphatic carbocycles. The number of fused-ring (bicyclic) bond motifs is 1. The van der Waals surface area contributed by atoms with Crippen LogP contribution in [0.1, 0.15) is 18.8 Å². The molecule has 3 heterocycles. The van der Waals surface area contributed by atoms with Crippen LogP contribution in [-0.4, -0.2) is 54.2 Å². The van der Waals surface area contributed by atoms with Gasteiger partial charge in [-0.1, -0.05) is 0 Å². The van der Waals surface area contributed by atoms with Crippen molar-refractivity contribution >= 4 is 22.9 Å². The number of carbonyl (C=O) groups excluding carboxylic acids is 1. The molecule has 10 nitrogen and oxygen atoms in total. The van der Waals surface area contributed by atoms with Gasteiger partial charge in [-0.05, 0) is 6.92 Å². The van der Waals surface area contributed by atoms with Crippen molar-refractivity contribution in [3.8, 4) is 0 Å². The first-order chi connectivity index (χ1) is 11.1. The molecule has 0 fully saturated rings. The number of aromatic amines is 1. The van der Waals surface area contributed by atoms with Gasteiger partial charge in [0, 0.05) is 14.1 Å². The average Bonchev–Trinajstić information content (AvgIpc) is 3.14. The van der Waals surface area contributed by atoms with Crippen LogP contribution in [0.2, 0.25) is 0 Å². The fourth-order valence-corrected chi connectivity index (χ4v) is 2.37. The lowest BCUT2D eigenvalue weighted by Crippen LogP contribution is -2.37. The van der Waals surface area contributed by atoms with E-state index in [1.807, 2.05) is 14.0 Å². The number of aryl methyl sites for hydroxylation is 1. The number of H-pyrrole nitrogens is 1. The highest BCUT2D eigenvalue weighted by Crippen LogP contribution is 2.18. The van der Waals surface area contributed by atoms with E-state index in [4.69, 9.17) is 0 Å². The molecule has 0 saturated carbocycles. The molecule has 0 spiro atoms. The maximum atomic E-state index is 12.2. The van der Waals surface area contributed by atoms with E-state index >= 15 is 0 Å². The zero-order valence-corrected chi connectivity index (χ0v) is 13.1. The Hall–Kier alpha value is -3.04. The lowest BCUT2D eigenvalue weighted by molar-refractivity contribution is -0.120. The molecule has 0 aliphatic heterocycles. The van der Waals surface area contributed by atoms with E-state index in [0.29, 0.717) is 22.8 Å². The lowest BCUT2D eigenvalue weighted by Gasteiger charge is -2.19. The maximum absolute atomic E-state index is 12.2. The summed E-state index contributed by atoms with van der Waals surface area (Å²) < 4.78 is 1.77. The molecule has 10 heteroatoms. The summed E-state index contributed by atoms with van der Waals surface area (Å²) in [5, 5.41) is 10.7. The minimum Gasteiger partial charge on any atom is -0.348 e. The Morgan fingerprint density at radius 3 is 3.00 bits per heavy atom. The second kappa shape index (κ2) is 5.99. The number of carbonyl (C=O) groups is 1. The Bertz CT molecular complexity index is 824. The minimum atomic E-state index is -0.235. The van der Waals surface area contributed by atoms with Gasteiger partial charge in [-0.3, -0.25) is 4.79 Å². The third-order valence-electron chi connectivity index (χ3n) is 3.46. The van der Waals surface area contributed by atoms with Crippen LogP contribution in [0.3, 0.4) is 0 Å². The van der Waals surface area contributed by atoms with Gasteiger partial charge in [0.15, 0.2) is 17.3 Å². The minimum absolute atomic E-state index is 0.144. The third-order valence-corrected chi connectivity index (χ3v) is 3.46. The van der Waals surface area contributed by atoms with E-state index in [1.165, 1.54) is 6.33 Å². The highest BCUT2D eigenvalue weighted by Gasteiger charge is 2.17. The summed E-state index contributed by atoms with van der Waals surface area (Å²) in [5.41, 5.74) is 1.26. The predicted octanol–water partition coefficient (Wildman–Crippen LogP) is -0.205. The summed E-state index contributed by atoms with van der Waals surface area (Å²) in [6.07, 6.45) is 4.57. The van der Waals surface area contributed by atoms with Crippen LogP contribution in [-0.2, 0) is 11.8 Å². The number of nitrogens with one attached hydrogen (secondary N) is 2. The summed E-state index contributed by atoms with van der Waals surface area (Å²) in [6.45, 7) is 2.01. The SMILES string of the molecule is C[C@@H](NC(=O)CN(C)c1ncnc2nc[nH]c12)c1nncn1C. The normalized spacial score (nSPS) is 12.3. The Labute approximate surface area is 132 Å². The smallest absolute Gasteiger partial charge is 0.240 e. The van der Waals surface area contributed by atoms with E-state index in [2.05, 4.69) is 35.5 Å². The van der Waals surface area contributed by atoms with Gasteiger partial charge in [0.25, 0.3) is 0 Å². The van der Waals surface area contributed by atoms with E-state index in [9.17, 15) is 4.79 Å². The Morgan fingerprint density at radius 1 is 1.43 bits per heavy atom. The number of amides is 1. The van der Waals surface area contributed by atoms with Gasteiger partial charge < -0.3 is 19.8 Å². The van der Waals surface area contributed by atoms with Gasteiger partial charge in [-0.15, -0.1) is 10.2 Å². The number of imidazole rings is 1. The third kappa shape index (κ3) is 2.96. The molecule has 0 saturated heterocycles. The van der Waals surface area contributed by atoms with Gasteiger partial charge in [0.05, 0.1) is 18.9 Å². The van der Waals surface area contributed by atoms with E-state index < -0.39 is 0 Å². The first kappa shape index (κ1) is 14.9. The van der Waals surface area contributed by atoms with E-state index in [0.717, 1.165) is 0 Å². The zero-order chi connectivity index (χ0) is 16.4. The number of rotatable bonds is 5. The fraction of sp³-hybridized carbons (Fsp3) is 0.385. The lowest BCUT2D eigenvalue weighted by atomic mass is 10.3. The molecular formula is C13H17N9O. The topological polar surface area (TPSA) is 118 Å². The van der Waals surface area contributed by atoms with Crippen molar-refractivity contribution in [3.05, 3.63) is 24.8 Å². The number of nitrogens with zero attached hydrogens (tertiary/aromatic N) is 7. The van der Waals surface area contributed by atoms with Gasteiger partial charge in [0.1, 0.15) is 18.2 Å². The van der Waals surface area contributed by atoms with Crippen molar-refractivity contribution in [2.24, 2.45) is 7.05 Å². The van der Waals surface area contributed by atoms with Crippen molar-refractivity contribution in [3.63, 3.8) is 0 Å². The summed E-state index contributed by atoms with van der Waals surface area (Å²) >= 11 is 0. The second-order valence-electron chi connectivity index (χ2n) is 5.24. The molecule has 23 heavy (non-hydrogen) atoms. The number of hydrogen-bond acceptors (Lipinski definition) is 7. The molecule has 2 N–H and O–H groups in total. The predicted molar refractivity (Wildman–Crippen MR) is 82.5 cm³/mol. The molecule has 0 radical (unpaired) electrons. The molecule has 3 rings (SSSR count). The first-order valence-corrected chi connectivity index (χ1v) is 7.04. The van der Waals surface area contributed by atoms with Crippen LogP contribution in [0.25, 0.3) is 11.2 Å². The van der Waals surface area contributed by atoms with Gasteiger partial charge >= 0.3 is 0 Å². The van der Waals surface area contributed by atoms with Crippen LogP contribution in [0.4, 0.5) is 5.82 Å². The van der Waals surface area contributed by atoms with Crippen LogP contribution < -0.4 is 10.2 Å². The Morgan fingerprint density at radius 2 is 2.26 bits per heavy atom. The van der Waals surface area contributed by atoms with Crippen molar-refractivity contribution in [2.45, 2.75) is 13.0 Å². The van der Waals surface area contributed by atoms with Crippen LogP contribution >= 0.6 is 0 Å². The largest absolute Gasteiger partial charge is 0.348 e. The highest BCUT2D eigenvalue weighted by atomic mass is 16.2. The molecule has 1 atom stereocenters. The fourth-order valence-electron chi connectivity index (χ4n) is 2.37. The highest BCUT2D eigenvalue weighted by molar-refractivity contribution is 5.87. The summed E-state index contributed by atoms with van der Waals surface area (Å²) in [7, 11) is 3.62. The number of hydrogen-bond donors (Lipinski definition) is 2. The van der Waals surface area contributed by atoms with E-state index in [1.54, 1.807) is 29.2 Å². The van der Waals surface area contributed by atoms with Gasteiger partial charge in [-0.25, -0.2) is 15.0 Å². The van der Waals surface area contributed by atoms with Crippen LogP contribution in [0, 0.1) is 0 Å². The zero-order valence-electron chi connectivity index (χ0n) is 13.1. The van der Waals surface area contributed by atoms with Crippen LogP contribution in [0.15, 0.2) is 19.0 Å². The molecule has 3 aromatic rings. The Kier molecular flexibility index (Phi) is 3.87. The molecule has 1 amide bonds. The molecule has 0 aliphatic rings. The molecule has 120 valence electrons. The number of aromatic nitrogens is 7. The Balaban J connectivity index is 1.68. The molecule has 3 aromatic heterocycles. The molecular weight excluding hydrogens is 298 g/mol. The van der Waals surface area contributed by atoms with Gasteiger partial charge in [0.2, 0.25) is 5.91 Å². The maximum Gasteiger partial charge on any atom is 0.240 e. The monoisotopic (exact) mass is 315 g/mol. The summed E-state index contributed by atoms with van der Waals surface area (Å²) in [5.74, 6) is 1.17. The summed E-state index contributed by atoms with van der Waals surface area (Å²) in [4.78, 5) is 29.3. The van der Waals surface area contributed by atoms with Crippen LogP contribution in [0.5, 0.6) is 0 Å². The molecule has 0 unspecified atom stereocenters. The molecule has 0 aromatic carbocycles.